The molecule has 1 aromatic rings. The highest BCUT2D eigenvalue weighted by molar-refractivity contribution is 6.00. The quantitative estimate of drug-likeness (QED) is 0.730. The van der Waals surface area contributed by atoms with E-state index < -0.39 is 17.3 Å². The summed E-state index contributed by atoms with van der Waals surface area (Å²) in [5.41, 5.74) is -1.42. The van der Waals surface area contributed by atoms with Crippen molar-refractivity contribution in [1.29, 1.82) is 0 Å². The third-order valence-electron chi connectivity index (χ3n) is 2.36. The lowest BCUT2D eigenvalue weighted by atomic mass is 9.92. The van der Waals surface area contributed by atoms with Gasteiger partial charge in [-0.05, 0) is 13.8 Å². The minimum absolute atomic E-state index is 0.266. The standard InChI is InChI=1S/C10H15N3O3/c1-10(2,9(15)16)8(14)13(3)6-7-11-4-5-12-7/h4-5H,6H2,1-3H3,(H,11,12)(H,15,16). The first-order valence-electron chi connectivity index (χ1n) is 4.83. The maximum absolute atomic E-state index is 11.8. The summed E-state index contributed by atoms with van der Waals surface area (Å²) in [6, 6.07) is 0. The van der Waals surface area contributed by atoms with Gasteiger partial charge in [-0.15, -0.1) is 0 Å². The van der Waals surface area contributed by atoms with Gasteiger partial charge >= 0.3 is 5.97 Å². The van der Waals surface area contributed by atoms with Gasteiger partial charge in [-0.3, -0.25) is 9.59 Å². The number of imidazole rings is 1. The lowest BCUT2D eigenvalue weighted by Crippen LogP contribution is -2.43. The molecule has 1 heterocycles. The number of amides is 1. The number of rotatable bonds is 4. The van der Waals surface area contributed by atoms with Gasteiger partial charge in [0.1, 0.15) is 11.2 Å². The van der Waals surface area contributed by atoms with Crippen LogP contribution in [-0.2, 0) is 16.1 Å². The smallest absolute Gasteiger partial charge is 0.318 e. The number of aliphatic carboxylic acids is 1. The fourth-order valence-corrected chi connectivity index (χ4v) is 1.25. The highest BCUT2D eigenvalue weighted by Gasteiger charge is 2.38. The second-order valence-electron chi connectivity index (χ2n) is 4.13. The number of carbonyl (C=O) groups is 2. The molecule has 0 aromatic carbocycles. The van der Waals surface area contributed by atoms with Gasteiger partial charge in [0.25, 0.3) is 0 Å². The van der Waals surface area contributed by atoms with Gasteiger partial charge in [-0.1, -0.05) is 0 Å². The largest absolute Gasteiger partial charge is 0.480 e. The molecule has 2 N–H and O–H groups in total. The van der Waals surface area contributed by atoms with E-state index in [-0.39, 0.29) is 6.54 Å². The second kappa shape index (κ2) is 4.34. The van der Waals surface area contributed by atoms with Crippen LogP contribution in [-0.4, -0.2) is 38.9 Å². The minimum atomic E-state index is -1.42. The van der Waals surface area contributed by atoms with Gasteiger partial charge < -0.3 is 15.0 Å². The van der Waals surface area contributed by atoms with Crippen LogP contribution in [0.3, 0.4) is 0 Å². The van der Waals surface area contributed by atoms with E-state index >= 15 is 0 Å². The molecule has 0 aliphatic heterocycles. The molecule has 6 nitrogen and oxygen atoms in total. The van der Waals surface area contributed by atoms with E-state index in [1.165, 1.54) is 18.7 Å². The lowest BCUT2D eigenvalue weighted by Gasteiger charge is -2.25. The van der Waals surface area contributed by atoms with Crippen molar-refractivity contribution in [2.45, 2.75) is 20.4 Å². The van der Waals surface area contributed by atoms with Gasteiger partial charge in [-0.2, -0.15) is 0 Å². The summed E-state index contributed by atoms with van der Waals surface area (Å²) in [5.74, 6) is -0.961. The molecule has 88 valence electrons. The van der Waals surface area contributed by atoms with Gasteiger partial charge in [0.05, 0.1) is 6.54 Å². The van der Waals surface area contributed by atoms with Crippen molar-refractivity contribution in [1.82, 2.24) is 14.9 Å². The highest BCUT2D eigenvalue weighted by atomic mass is 16.4. The summed E-state index contributed by atoms with van der Waals surface area (Å²) in [6.45, 7) is 3.04. The summed E-state index contributed by atoms with van der Waals surface area (Å²) in [6.07, 6.45) is 3.23. The van der Waals surface area contributed by atoms with Crippen molar-refractivity contribution in [3.05, 3.63) is 18.2 Å². The maximum Gasteiger partial charge on any atom is 0.318 e. The average Bonchev–Trinajstić information content (AvgIpc) is 2.68. The molecular weight excluding hydrogens is 210 g/mol. The Labute approximate surface area is 93.3 Å². The van der Waals surface area contributed by atoms with Crippen molar-refractivity contribution >= 4 is 11.9 Å². The average molecular weight is 225 g/mol. The Kier molecular flexibility index (Phi) is 3.31. The summed E-state index contributed by atoms with van der Waals surface area (Å²) >= 11 is 0. The number of H-pyrrole nitrogens is 1. The monoisotopic (exact) mass is 225 g/mol. The van der Waals surface area contributed by atoms with E-state index in [2.05, 4.69) is 9.97 Å². The Morgan fingerprint density at radius 1 is 1.56 bits per heavy atom. The van der Waals surface area contributed by atoms with E-state index in [0.717, 1.165) is 0 Å². The Balaban J connectivity index is 2.71. The van der Waals surface area contributed by atoms with Crippen LogP contribution in [0.2, 0.25) is 0 Å². The predicted octanol–water partition coefficient (Wildman–Crippen LogP) is 0.479. The first-order chi connectivity index (χ1) is 7.35. The topological polar surface area (TPSA) is 86.3 Å². The Hall–Kier alpha value is -1.85. The fraction of sp³-hybridized carbons (Fsp3) is 0.500. The number of aromatic nitrogens is 2. The van der Waals surface area contributed by atoms with Crippen LogP contribution in [0.5, 0.6) is 0 Å². The Morgan fingerprint density at radius 2 is 2.19 bits per heavy atom. The highest BCUT2D eigenvalue weighted by Crippen LogP contribution is 2.19. The molecule has 0 spiro atoms. The van der Waals surface area contributed by atoms with E-state index in [1.807, 2.05) is 0 Å². The molecule has 1 aromatic heterocycles. The molecule has 16 heavy (non-hydrogen) atoms. The molecule has 1 amide bonds. The zero-order valence-corrected chi connectivity index (χ0v) is 9.52. The first kappa shape index (κ1) is 12.2. The van der Waals surface area contributed by atoms with E-state index in [1.54, 1.807) is 19.4 Å². The van der Waals surface area contributed by atoms with Crippen LogP contribution in [0, 0.1) is 5.41 Å². The molecule has 0 saturated heterocycles. The van der Waals surface area contributed by atoms with Crippen molar-refractivity contribution in [3.63, 3.8) is 0 Å². The fourth-order valence-electron chi connectivity index (χ4n) is 1.25. The van der Waals surface area contributed by atoms with E-state index in [0.29, 0.717) is 5.82 Å². The number of carbonyl (C=O) groups excluding carboxylic acids is 1. The van der Waals surface area contributed by atoms with Crippen LogP contribution >= 0.6 is 0 Å². The normalized spacial score (nSPS) is 11.2. The molecule has 0 atom stereocenters. The molecule has 0 fully saturated rings. The van der Waals surface area contributed by atoms with Gasteiger partial charge in [0, 0.05) is 19.4 Å². The van der Waals surface area contributed by atoms with Gasteiger partial charge in [0.2, 0.25) is 5.91 Å². The Bertz CT molecular complexity index is 384. The number of carboxylic acid groups (broad SMARTS) is 1. The molecule has 0 radical (unpaired) electrons. The van der Waals surface area contributed by atoms with Gasteiger partial charge in [-0.25, -0.2) is 4.98 Å². The van der Waals surface area contributed by atoms with Crippen molar-refractivity contribution < 1.29 is 14.7 Å². The number of carboxylic acids is 1. The Morgan fingerprint density at radius 3 is 2.62 bits per heavy atom. The first-order valence-corrected chi connectivity index (χ1v) is 4.83. The van der Waals surface area contributed by atoms with Gasteiger partial charge in [0.15, 0.2) is 0 Å². The maximum atomic E-state index is 11.8. The molecule has 0 aliphatic rings. The summed E-state index contributed by atoms with van der Waals surface area (Å²) in [7, 11) is 1.55. The lowest BCUT2D eigenvalue weighted by molar-refractivity contribution is -0.157. The van der Waals surface area contributed by atoms with E-state index in [9.17, 15) is 9.59 Å². The third kappa shape index (κ3) is 2.39. The minimum Gasteiger partial charge on any atom is -0.480 e. The van der Waals surface area contributed by atoms with E-state index in [4.69, 9.17) is 5.11 Å². The van der Waals surface area contributed by atoms with Crippen molar-refractivity contribution in [2.24, 2.45) is 5.41 Å². The SMILES string of the molecule is CN(Cc1ncc[nH]1)C(=O)C(C)(C)C(=O)O. The van der Waals surface area contributed by atoms with Crippen LogP contribution in [0.4, 0.5) is 0 Å². The van der Waals surface area contributed by atoms with Crippen LogP contribution in [0.15, 0.2) is 12.4 Å². The van der Waals surface area contributed by atoms with Crippen molar-refractivity contribution in [2.75, 3.05) is 7.05 Å². The predicted molar refractivity (Wildman–Crippen MR) is 56.5 cm³/mol. The molecular formula is C10H15N3O3. The molecule has 0 unspecified atom stereocenters. The molecule has 1 rings (SSSR count). The summed E-state index contributed by atoms with van der Waals surface area (Å²) in [4.78, 5) is 30.9. The van der Waals surface area contributed by atoms with Crippen LogP contribution < -0.4 is 0 Å². The van der Waals surface area contributed by atoms with Crippen molar-refractivity contribution in [3.8, 4) is 0 Å². The third-order valence-corrected chi connectivity index (χ3v) is 2.36. The molecule has 0 saturated carbocycles. The summed E-state index contributed by atoms with van der Waals surface area (Å²) in [5, 5.41) is 8.92. The van der Waals surface area contributed by atoms with Crippen LogP contribution in [0.1, 0.15) is 19.7 Å². The number of nitrogens with zero attached hydrogens (tertiary/aromatic N) is 2. The second-order valence-corrected chi connectivity index (χ2v) is 4.13. The zero-order chi connectivity index (χ0) is 12.3. The number of hydrogen-bond donors (Lipinski definition) is 2. The molecule has 0 aliphatic carbocycles. The van der Waals surface area contributed by atoms with Crippen LogP contribution in [0.25, 0.3) is 0 Å². The molecule has 0 bridgehead atoms. The zero-order valence-electron chi connectivity index (χ0n) is 9.52. The summed E-state index contributed by atoms with van der Waals surface area (Å²) < 4.78 is 0. The molecule has 6 heteroatoms. The number of hydrogen-bond acceptors (Lipinski definition) is 3. The number of aromatic amines is 1. The number of nitrogens with one attached hydrogen (secondary N) is 1.